The lowest BCUT2D eigenvalue weighted by Gasteiger charge is -2.27. The molecule has 4 rings (SSSR count). The highest BCUT2D eigenvalue weighted by molar-refractivity contribution is 8.18. The van der Waals surface area contributed by atoms with Crippen molar-refractivity contribution in [3.05, 3.63) is 74.7 Å². The molecule has 0 atom stereocenters. The first-order valence-corrected chi connectivity index (χ1v) is 11.7. The number of amides is 3. The minimum atomic E-state index is -0.459. The fraction of sp³-hybridized carbons (Fsp3) is 0.292. The second-order valence-corrected chi connectivity index (χ2v) is 8.98. The number of rotatable bonds is 7. The van der Waals surface area contributed by atoms with Gasteiger partial charge in [0.2, 0.25) is 5.91 Å². The van der Waals surface area contributed by atoms with Crippen LogP contribution in [-0.2, 0) is 16.2 Å². The van der Waals surface area contributed by atoms with E-state index < -0.39 is 16.1 Å². The van der Waals surface area contributed by atoms with Crippen LogP contribution in [0.15, 0.2) is 53.4 Å². The van der Waals surface area contributed by atoms with Crippen molar-refractivity contribution in [2.45, 2.75) is 25.9 Å². The number of non-ortho nitro benzene ring substituents is 1. The molecule has 2 aliphatic rings. The van der Waals surface area contributed by atoms with Crippen molar-refractivity contribution in [2.24, 2.45) is 0 Å². The summed E-state index contributed by atoms with van der Waals surface area (Å²) in [5.74, 6) is -0.0626. The summed E-state index contributed by atoms with van der Waals surface area (Å²) in [4.78, 5) is 50.8. The number of ether oxygens (including phenoxy) is 1. The molecule has 2 fully saturated rings. The van der Waals surface area contributed by atoms with Gasteiger partial charge in [-0.05, 0) is 72.5 Å². The van der Waals surface area contributed by atoms with E-state index in [0.717, 1.165) is 47.1 Å². The normalized spacial score (nSPS) is 17.4. The van der Waals surface area contributed by atoms with Gasteiger partial charge in [-0.1, -0.05) is 12.1 Å². The Morgan fingerprint density at radius 2 is 1.71 bits per heavy atom. The number of nitro benzene ring substituents is 1. The summed E-state index contributed by atoms with van der Waals surface area (Å²) in [5, 5.41) is 10.3. The van der Waals surface area contributed by atoms with Crippen LogP contribution in [0.2, 0.25) is 0 Å². The molecule has 0 saturated carbocycles. The minimum Gasteiger partial charge on any atom is -0.489 e. The maximum atomic E-state index is 12.7. The van der Waals surface area contributed by atoms with Crippen molar-refractivity contribution in [1.29, 1.82) is 0 Å². The molecule has 9 nitrogen and oxygen atoms in total. The number of carbonyl (C=O) groups is 3. The molecule has 176 valence electrons. The Morgan fingerprint density at radius 3 is 2.35 bits per heavy atom. The van der Waals surface area contributed by atoms with E-state index in [0.29, 0.717) is 18.8 Å². The summed E-state index contributed by atoms with van der Waals surface area (Å²) >= 11 is 0.829. The number of nitrogens with zero attached hydrogens (tertiary/aromatic N) is 3. The molecule has 0 aromatic heterocycles. The fourth-order valence-electron chi connectivity index (χ4n) is 3.71. The van der Waals surface area contributed by atoms with Gasteiger partial charge in [0.15, 0.2) is 0 Å². The van der Waals surface area contributed by atoms with Crippen LogP contribution in [0.5, 0.6) is 5.75 Å². The molecule has 3 amide bonds. The maximum Gasteiger partial charge on any atom is 0.294 e. The van der Waals surface area contributed by atoms with E-state index in [-0.39, 0.29) is 29.7 Å². The lowest BCUT2D eigenvalue weighted by atomic mass is 10.1. The number of piperidine rings is 1. The molecule has 2 aliphatic heterocycles. The highest BCUT2D eigenvalue weighted by Crippen LogP contribution is 2.32. The van der Waals surface area contributed by atoms with Crippen molar-refractivity contribution in [3.63, 3.8) is 0 Å². The van der Waals surface area contributed by atoms with Crippen molar-refractivity contribution in [3.8, 4) is 5.75 Å². The lowest BCUT2D eigenvalue weighted by Crippen LogP contribution is -2.44. The highest BCUT2D eigenvalue weighted by Gasteiger charge is 2.37. The van der Waals surface area contributed by atoms with Gasteiger partial charge in [0.05, 0.1) is 9.83 Å². The summed E-state index contributed by atoms with van der Waals surface area (Å²) in [6.45, 7) is 1.37. The summed E-state index contributed by atoms with van der Waals surface area (Å²) in [7, 11) is 0. The third-order valence-corrected chi connectivity index (χ3v) is 6.51. The molecule has 0 bridgehead atoms. The molecule has 2 aromatic rings. The van der Waals surface area contributed by atoms with Crippen LogP contribution in [0.1, 0.15) is 30.4 Å². The molecule has 2 heterocycles. The largest absolute Gasteiger partial charge is 0.489 e. The van der Waals surface area contributed by atoms with Crippen LogP contribution in [0.25, 0.3) is 6.08 Å². The van der Waals surface area contributed by atoms with E-state index in [4.69, 9.17) is 4.74 Å². The molecule has 0 spiro atoms. The van der Waals surface area contributed by atoms with E-state index in [1.165, 1.54) is 12.1 Å². The molecule has 0 radical (unpaired) electrons. The summed E-state index contributed by atoms with van der Waals surface area (Å²) in [6.07, 6.45) is 4.60. The van der Waals surface area contributed by atoms with E-state index in [1.54, 1.807) is 47.4 Å². The number of hydrogen-bond acceptors (Lipinski definition) is 7. The first-order chi connectivity index (χ1) is 16.4. The summed E-state index contributed by atoms with van der Waals surface area (Å²) in [6, 6.07) is 13.1. The van der Waals surface area contributed by atoms with Crippen LogP contribution in [-0.4, -0.2) is 51.4 Å². The van der Waals surface area contributed by atoms with Crippen LogP contribution >= 0.6 is 11.8 Å². The summed E-state index contributed by atoms with van der Waals surface area (Å²) in [5.41, 5.74) is 1.53. The quantitative estimate of drug-likeness (QED) is 0.331. The van der Waals surface area contributed by atoms with Gasteiger partial charge in [-0.2, -0.15) is 0 Å². The monoisotopic (exact) mass is 481 g/mol. The van der Waals surface area contributed by atoms with Gasteiger partial charge in [0.25, 0.3) is 16.8 Å². The second-order valence-electron chi connectivity index (χ2n) is 7.99. The zero-order valence-electron chi connectivity index (χ0n) is 18.3. The molecule has 0 unspecified atom stereocenters. The smallest absolute Gasteiger partial charge is 0.294 e. The Balaban J connectivity index is 1.34. The molecule has 10 heteroatoms. The average molecular weight is 482 g/mol. The average Bonchev–Trinajstić information content (AvgIpc) is 3.11. The second kappa shape index (κ2) is 10.5. The van der Waals surface area contributed by atoms with Crippen molar-refractivity contribution in [1.82, 2.24) is 9.80 Å². The summed E-state index contributed by atoms with van der Waals surface area (Å²) < 4.78 is 5.71. The van der Waals surface area contributed by atoms with Crippen LogP contribution in [0.3, 0.4) is 0 Å². The van der Waals surface area contributed by atoms with Gasteiger partial charge in [-0.15, -0.1) is 0 Å². The number of nitro groups is 1. The van der Waals surface area contributed by atoms with Crippen LogP contribution in [0, 0.1) is 10.1 Å². The van der Waals surface area contributed by atoms with Gasteiger partial charge in [-0.25, -0.2) is 0 Å². The molecule has 2 aromatic carbocycles. The van der Waals surface area contributed by atoms with E-state index in [9.17, 15) is 24.5 Å². The fourth-order valence-corrected chi connectivity index (χ4v) is 4.55. The number of likely N-dealkylation sites (tertiary alicyclic amines) is 1. The number of hydrogen-bond donors (Lipinski definition) is 0. The molecule has 0 N–H and O–H groups in total. The number of benzene rings is 2. The third kappa shape index (κ3) is 5.63. The van der Waals surface area contributed by atoms with Gasteiger partial charge in [0, 0.05) is 25.2 Å². The van der Waals surface area contributed by atoms with Gasteiger partial charge < -0.3 is 9.64 Å². The first kappa shape index (κ1) is 23.5. The van der Waals surface area contributed by atoms with Crippen LogP contribution in [0.4, 0.5) is 10.5 Å². The Bertz CT molecular complexity index is 1120. The molecule has 2 saturated heterocycles. The lowest BCUT2D eigenvalue weighted by molar-refractivity contribution is -0.384. The Hall–Kier alpha value is -3.66. The van der Waals surface area contributed by atoms with E-state index in [2.05, 4.69) is 0 Å². The zero-order valence-corrected chi connectivity index (χ0v) is 19.2. The first-order valence-electron chi connectivity index (χ1n) is 10.9. The standard InChI is InChI=1S/C24H23N3O6S/c28-22(25-12-2-1-3-13-25)15-26-23(29)21(34-24(26)30)14-17-6-10-20(11-7-17)33-16-18-4-8-19(9-5-18)27(31)32/h4-11,14H,1-3,12-13,15-16H2/b21-14-. The van der Waals surface area contributed by atoms with Gasteiger partial charge >= 0.3 is 0 Å². The van der Waals surface area contributed by atoms with Gasteiger partial charge in [-0.3, -0.25) is 29.4 Å². The van der Waals surface area contributed by atoms with Crippen LogP contribution < -0.4 is 4.74 Å². The third-order valence-electron chi connectivity index (χ3n) is 5.61. The maximum absolute atomic E-state index is 12.7. The number of carbonyl (C=O) groups excluding carboxylic acids is 3. The predicted octanol–water partition coefficient (Wildman–Crippen LogP) is 4.22. The van der Waals surface area contributed by atoms with E-state index >= 15 is 0 Å². The zero-order chi connectivity index (χ0) is 24.1. The molecular formula is C24H23N3O6S. The van der Waals surface area contributed by atoms with Crippen molar-refractivity contribution >= 4 is 40.6 Å². The van der Waals surface area contributed by atoms with E-state index in [1.807, 2.05) is 0 Å². The number of thioether (sulfide) groups is 1. The molecule has 0 aliphatic carbocycles. The van der Waals surface area contributed by atoms with Gasteiger partial charge in [0.1, 0.15) is 18.9 Å². The van der Waals surface area contributed by atoms with Crippen molar-refractivity contribution < 1.29 is 24.0 Å². The Kier molecular flexibility index (Phi) is 7.27. The molecule has 34 heavy (non-hydrogen) atoms. The topological polar surface area (TPSA) is 110 Å². The molecular weight excluding hydrogens is 458 g/mol. The minimum absolute atomic E-state index is 0.0216. The highest BCUT2D eigenvalue weighted by atomic mass is 32.2. The Labute approximate surface area is 200 Å². The Morgan fingerprint density at radius 1 is 1.03 bits per heavy atom. The number of imide groups is 1. The van der Waals surface area contributed by atoms with Crippen molar-refractivity contribution in [2.75, 3.05) is 19.6 Å². The predicted molar refractivity (Wildman–Crippen MR) is 127 cm³/mol. The SMILES string of the molecule is O=C(CN1C(=O)S/C(=C\c2ccc(OCc3ccc([N+](=O)[O-])cc3)cc2)C1=O)N1CCCCC1.